The number of hydrogen-bond donors (Lipinski definition) is 1. The van der Waals surface area contributed by atoms with Crippen molar-refractivity contribution in [1.29, 1.82) is 0 Å². The van der Waals surface area contributed by atoms with E-state index in [1.165, 1.54) is 12.5 Å². The zero-order chi connectivity index (χ0) is 11.5. The molecule has 4 nitrogen and oxygen atoms in total. The van der Waals surface area contributed by atoms with Crippen LogP contribution in [0.1, 0.15) is 16.1 Å². The summed E-state index contributed by atoms with van der Waals surface area (Å²) in [7, 11) is 0. The molecule has 0 fully saturated rings. The van der Waals surface area contributed by atoms with E-state index in [0.717, 1.165) is 5.56 Å². The normalized spacial score (nSPS) is 10.3. The van der Waals surface area contributed by atoms with Gasteiger partial charge in [-0.2, -0.15) is 0 Å². The predicted molar refractivity (Wildman–Crippen MR) is 59.7 cm³/mol. The minimum Gasteiger partial charge on any atom is -0.476 e. The lowest BCUT2D eigenvalue weighted by Crippen LogP contribution is -1.98. The molecule has 1 N–H and O–H groups in total. The largest absolute Gasteiger partial charge is 0.476 e. The van der Waals surface area contributed by atoms with Crippen molar-refractivity contribution >= 4 is 17.6 Å². The average molecular weight is 237 g/mol. The highest BCUT2D eigenvalue weighted by molar-refractivity contribution is 6.30. The molecule has 0 saturated carbocycles. The summed E-state index contributed by atoms with van der Waals surface area (Å²) in [4.78, 5) is 14.4. The first kappa shape index (κ1) is 10.7. The van der Waals surface area contributed by atoms with Crippen molar-refractivity contribution in [3.8, 4) is 0 Å². The van der Waals surface area contributed by atoms with Crippen LogP contribution in [0, 0.1) is 0 Å². The van der Waals surface area contributed by atoms with Gasteiger partial charge in [-0.1, -0.05) is 23.7 Å². The molecule has 0 radical (unpaired) electrons. The van der Waals surface area contributed by atoms with Crippen molar-refractivity contribution < 1.29 is 9.90 Å². The fourth-order valence-corrected chi connectivity index (χ4v) is 1.62. The second-order valence-corrected chi connectivity index (χ2v) is 3.80. The summed E-state index contributed by atoms with van der Waals surface area (Å²) in [6.45, 7) is 0.556. The van der Waals surface area contributed by atoms with Gasteiger partial charge in [-0.25, -0.2) is 9.78 Å². The van der Waals surface area contributed by atoms with Crippen LogP contribution in [0.15, 0.2) is 36.8 Å². The van der Waals surface area contributed by atoms with E-state index in [4.69, 9.17) is 16.7 Å². The Balaban J connectivity index is 2.17. The molecule has 0 aliphatic carbocycles. The molecule has 0 saturated heterocycles. The van der Waals surface area contributed by atoms with Crippen molar-refractivity contribution in [3.05, 3.63) is 53.1 Å². The van der Waals surface area contributed by atoms with Gasteiger partial charge in [0.15, 0.2) is 5.69 Å². The molecular formula is C11H9ClN2O2. The smallest absolute Gasteiger partial charge is 0.356 e. The lowest BCUT2D eigenvalue weighted by atomic mass is 10.2. The highest BCUT2D eigenvalue weighted by Gasteiger charge is 2.06. The minimum absolute atomic E-state index is 0.0435. The highest BCUT2D eigenvalue weighted by Crippen LogP contribution is 2.12. The number of carbonyl (C=O) groups is 1. The molecule has 0 atom stereocenters. The summed E-state index contributed by atoms with van der Waals surface area (Å²) in [5, 5.41) is 9.37. The number of imidazole rings is 1. The topological polar surface area (TPSA) is 55.1 Å². The van der Waals surface area contributed by atoms with Gasteiger partial charge in [-0.3, -0.25) is 0 Å². The number of aromatic carboxylic acids is 1. The maximum Gasteiger partial charge on any atom is 0.356 e. The molecule has 1 aromatic heterocycles. The third-order valence-corrected chi connectivity index (χ3v) is 2.34. The second-order valence-electron chi connectivity index (χ2n) is 3.37. The number of carboxylic acid groups (broad SMARTS) is 1. The van der Waals surface area contributed by atoms with Crippen molar-refractivity contribution in [2.45, 2.75) is 6.54 Å². The quantitative estimate of drug-likeness (QED) is 0.890. The Bertz CT molecular complexity index is 522. The molecule has 1 heterocycles. The number of hydrogen-bond acceptors (Lipinski definition) is 2. The fourth-order valence-electron chi connectivity index (χ4n) is 1.40. The monoisotopic (exact) mass is 236 g/mol. The summed E-state index contributed by atoms with van der Waals surface area (Å²) in [6.07, 6.45) is 2.98. The van der Waals surface area contributed by atoms with E-state index in [1.807, 2.05) is 18.2 Å². The van der Waals surface area contributed by atoms with Crippen LogP contribution >= 0.6 is 11.6 Å². The molecule has 0 unspecified atom stereocenters. The lowest BCUT2D eigenvalue weighted by molar-refractivity contribution is 0.0691. The zero-order valence-corrected chi connectivity index (χ0v) is 9.05. The molecule has 0 aliphatic heterocycles. The number of benzene rings is 1. The summed E-state index contributed by atoms with van der Waals surface area (Å²) in [5.74, 6) is -1.02. The molecular weight excluding hydrogens is 228 g/mol. The summed E-state index contributed by atoms with van der Waals surface area (Å²) >= 11 is 5.85. The maximum atomic E-state index is 10.6. The molecule has 0 amide bonds. The Labute approximate surface area is 97.1 Å². The first-order chi connectivity index (χ1) is 7.65. The fraction of sp³-hybridized carbons (Fsp3) is 0.0909. The van der Waals surface area contributed by atoms with Crippen LogP contribution in [0.2, 0.25) is 5.02 Å². The number of nitrogens with zero attached hydrogens (tertiary/aromatic N) is 2. The summed E-state index contributed by atoms with van der Waals surface area (Å²) in [5.41, 5.74) is 1.05. The molecule has 82 valence electrons. The van der Waals surface area contributed by atoms with E-state index < -0.39 is 5.97 Å². The first-order valence-corrected chi connectivity index (χ1v) is 5.02. The van der Waals surface area contributed by atoms with Gasteiger partial charge in [0, 0.05) is 17.8 Å². The Morgan fingerprint density at radius 1 is 1.50 bits per heavy atom. The second kappa shape index (κ2) is 4.37. The Morgan fingerprint density at radius 3 is 2.94 bits per heavy atom. The van der Waals surface area contributed by atoms with Gasteiger partial charge in [0.05, 0.1) is 6.33 Å². The predicted octanol–water partition coefficient (Wildman–Crippen LogP) is 2.28. The molecule has 0 bridgehead atoms. The summed E-state index contributed by atoms with van der Waals surface area (Å²) in [6, 6.07) is 7.41. The van der Waals surface area contributed by atoms with Gasteiger partial charge >= 0.3 is 5.97 Å². The van der Waals surface area contributed by atoms with Crippen LogP contribution in [0.25, 0.3) is 0 Å². The molecule has 1 aromatic carbocycles. The lowest BCUT2D eigenvalue weighted by Gasteiger charge is -2.02. The number of aromatic nitrogens is 2. The van der Waals surface area contributed by atoms with Crippen LogP contribution in [0.3, 0.4) is 0 Å². The summed E-state index contributed by atoms with van der Waals surface area (Å²) < 4.78 is 1.70. The zero-order valence-electron chi connectivity index (χ0n) is 8.30. The Kier molecular flexibility index (Phi) is 2.92. The van der Waals surface area contributed by atoms with Crippen LogP contribution in [0.4, 0.5) is 0 Å². The van der Waals surface area contributed by atoms with Crippen LogP contribution in [-0.4, -0.2) is 20.6 Å². The van der Waals surface area contributed by atoms with Crippen molar-refractivity contribution in [2.75, 3.05) is 0 Å². The standard InChI is InChI=1S/C11H9ClN2O2/c12-9-3-1-2-8(4-9)5-14-6-10(11(15)16)13-7-14/h1-4,6-7H,5H2,(H,15,16). The van der Waals surface area contributed by atoms with Gasteiger partial charge in [0.2, 0.25) is 0 Å². The van der Waals surface area contributed by atoms with E-state index in [1.54, 1.807) is 10.6 Å². The van der Waals surface area contributed by atoms with Gasteiger partial charge in [0.25, 0.3) is 0 Å². The molecule has 2 aromatic rings. The van der Waals surface area contributed by atoms with Crippen molar-refractivity contribution in [3.63, 3.8) is 0 Å². The SMILES string of the molecule is O=C(O)c1cn(Cc2cccc(Cl)c2)cn1. The third-order valence-electron chi connectivity index (χ3n) is 2.11. The van der Waals surface area contributed by atoms with E-state index in [9.17, 15) is 4.79 Å². The van der Waals surface area contributed by atoms with Gasteiger partial charge < -0.3 is 9.67 Å². The Morgan fingerprint density at radius 2 is 2.31 bits per heavy atom. The maximum absolute atomic E-state index is 10.6. The van der Waals surface area contributed by atoms with Crippen LogP contribution in [-0.2, 0) is 6.54 Å². The van der Waals surface area contributed by atoms with Crippen LogP contribution in [0.5, 0.6) is 0 Å². The van der Waals surface area contributed by atoms with E-state index >= 15 is 0 Å². The first-order valence-electron chi connectivity index (χ1n) is 4.64. The van der Waals surface area contributed by atoms with Crippen molar-refractivity contribution in [2.24, 2.45) is 0 Å². The molecule has 16 heavy (non-hydrogen) atoms. The Hall–Kier alpha value is -1.81. The number of halogens is 1. The minimum atomic E-state index is -1.02. The number of rotatable bonds is 3. The molecule has 5 heteroatoms. The van der Waals surface area contributed by atoms with E-state index in [0.29, 0.717) is 11.6 Å². The van der Waals surface area contributed by atoms with Gasteiger partial charge in [-0.15, -0.1) is 0 Å². The van der Waals surface area contributed by atoms with Crippen molar-refractivity contribution in [1.82, 2.24) is 9.55 Å². The molecule has 0 aliphatic rings. The molecule has 0 spiro atoms. The van der Waals surface area contributed by atoms with Crippen LogP contribution < -0.4 is 0 Å². The average Bonchev–Trinajstić information content (AvgIpc) is 2.66. The highest BCUT2D eigenvalue weighted by atomic mass is 35.5. The van der Waals surface area contributed by atoms with E-state index in [-0.39, 0.29) is 5.69 Å². The van der Waals surface area contributed by atoms with Gasteiger partial charge in [0.1, 0.15) is 0 Å². The number of carboxylic acids is 1. The third kappa shape index (κ3) is 2.41. The molecule has 2 rings (SSSR count). The van der Waals surface area contributed by atoms with Gasteiger partial charge in [-0.05, 0) is 17.7 Å². The van der Waals surface area contributed by atoms with E-state index in [2.05, 4.69) is 4.98 Å².